The lowest BCUT2D eigenvalue weighted by molar-refractivity contribution is 0.0955. The molecule has 2 heterocycles. The summed E-state index contributed by atoms with van der Waals surface area (Å²) in [5.74, 6) is 0.0548. The van der Waals surface area contributed by atoms with Gasteiger partial charge in [-0.15, -0.1) is 11.3 Å². The monoisotopic (exact) mass is 342 g/mol. The first kappa shape index (κ1) is 17.2. The van der Waals surface area contributed by atoms with Crippen LogP contribution in [-0.2, 0) is 0 Å². The summed E-state index contributed by atoms with van der Waals surface area (Å²) in [6.45, 7) is 6.36. The van der Waals surface area contributed by atoms with Gasteiger partial charge < -0.3 is 10.2 Å². The fraction of sp³-hybridized carbons (Fsp3) is 0.450. The van der Waals surface area contributed by atoms with Crippen molar-refractivity contribution in [3.05, 3.63) is 46.2 Å². The van der Waals surface area contributed by atoms with Gasteiger partial charge in [0.1, 0.15) is 0 Å². The van der Waals surface area contributed by atoms with E-state index >= 15 is 0 Å². The molecule has 1 aliphatic rings. The van der Waals surface area contributed by atoms with Gasteiger partial charge in [-0.3, -0.25) is 4.79 Å². The SMILES string of the molecule is Cc1ccc(-c2ccsc2C(=O)NCCCN2CCCCC2)cc1. The van der Waals surface area contributed by atoms with Gasteiger partial charge in [-0.25, -0.2) is 0 Å². The van der Waals surface area contributed by atoms with Gasteiger partial charge >= 0.3 is 0 Å². The topological polar surface area (TPSA) is 32.3 Å². The molecule has 4 heteroatoms. The van der Waals surface area contributed by atoms with Gasteiger partial charge in [0.25, 0.3) is 5.91 Å². The molecular weight excluding hydrogens is 316 g/mol. The molecule has 1 aromatic carbocycles. The van der Waals surface area contributed by atoms with E-state index < -0.39 is 0 Å². The van der Waals surface area contributed by atoms with Crippen molar-refractivity contribution in [1.29, 1.82) is 0 Å². The lowest BCUT2D eigenvalue weighted by Gasteiger charge is -2.26. The maximum absolute atomic E-state index is 12.5. The Morgan fingerprint density at radius 1 is 1.12 bits per heavy atom. The van der Waals surface area contributed by atoms with Gasteiger partial charge in [-0.05, 0) is 62.8 Å². The van der Waals surface area contributed by atoms with Gasteiger partial charge in [-0.1, -0.05) is 36.2 Å². The van der Waals surface area contributed by atoms with Crippen LogP contribution in [0.25, 0.3) is 11.1 Å². The zero-order valence-corrected chi connectivity index (χ0v) is 15.2. The summed E-state index contributed by atoms with van der Waals surface area (Å²) >= 11 is 1.52. The van der Waals surface area contributed by atoms with Crippen LogP contribution in [0.15, 0.2) is 35.7 Å². The zero-order chi connectivity index (χ0) is 16.8. The summed E-state index contributed by atoms with van der Waals surface area (Å²) in [5.41, 5.74) is 3.38. The third kappa shape index (κ3) is 4.46. The van der Waals surface area contributed by atoms with Crippen LogP contribution < -0.4 is 5.32 Å². The molecule has 128 valence electrons. The molecule has 0 spiro atoms. The van der Waals surface area contributed by atoms with E-state index in [1.807, 2.05) is 11.4 Å². The number of hydrogen-bond donors (Lipinski definition) is 1. The highest BCUT2D eigenvalue weighted by Gasteiger charge is 2.14. The Morgan fingerprint density at radius 3 is 2.62 bits per heavy atom. The maximum Gasteiger partial charge on any atom is 0.261 e. The number of rotatable bonds is 6. The van der Waals surface area contributed by atoms with Gasteiger partial charge in [0.05, 0.1) is 4.88 Å². The van der Waals surface area contributed by atoms with E-state index in [1.165, 1.54) is 49.3 Å². The lowest BCUT2D eigenvalue weighted by Crippen LogP contribution is -2.33. The van der Waals surface area contributed by atoms with Crippen LogP contribution in [0.4, 0.5) is 0 Å². The van der Waals surface area contributed by atoms with Crippen LogP contribution in [0, 0.1) is 6.92 Å². The van der Waals surface area contributed by atoms with Crippen LogP contribution in [0.5, 0.6) is 0 Å². The second kappa shape index (κ2) is 8.45. The summed E-state index contributed by atoms with van der Waals surface area (Å²) in [5, 5.41) is 5.09. The number of thiophene rings is 1. The van der Waals surface area contributed by atoms with Crippen molar-refractivity contribution in [2.45, 2.75) is 32.6 Å². The minimum atomic E-state index is 0.0548. The van der Waals surface area contributed by atoms with E-state index in [-0.39, 0.29) is 5.91 Å². The van der Waals surface area contributed by atoms with E-state index in [0.29, 0.717) is 0 Å². The first-order valence-electron chi connectivity index (χ1n) is 8.89. The van der Waals surface area contributed by atoms with Crippen molar-refractivity contribution in [2.24, 2.45) is 0 Å². The highest BCUT2D eigenvalue weighted by atomic mass is 32.1. The molecule has 0 saturated carbocycles. The van der Waals surface area contributed by atoms with Gasteiger partial charge in [0.15, 0.2) is 0 Å². The van der Waals surface area contributed by atoms with Crippen molar-refractivity contribution < 1.29 is 4.79 Å². The average Bonchev–Trinajstić information content (AvgIpc) is 3.10. The Morgan fingerprint density at radius 2 is 1.88 bits per heavy atom. The number of hydrogen-bond acceptors (Lipinski definition) is 3. The number of aryl methyl sites for hydroxylation is 1. The Bertz CT molecular complexity index is 657. The third-order valence-electron chi connectivity index (χ3n) is 4.62. The highest BCUT2D eigenvalue weighted by molar-refractivity contribution is 7.12. The quantitative estimate of drug-likeness (QED) is 0.793. The molecule has 24 heavy (non-hydrogen) atoms. The summed E-state index contributed by atoms with van der Waals surface area (Å²) in [6, 6.07) is 10.4. The van der Waals surface area contributed by atoms with Crippen molar-refractivity contribution in [1.82, 2.24) is 10.2 Å². The second-order valence-electron chi connectivity index (χ2n) is 6.54. The Kier molecular flexibility index (Phi) is 6.05. The zero-order valence-electron chi connectivity index (χ0n) is 14.4. The standard InChI is InChI=1S/C20H26N2OS/c1-16-6-8-17(9-7-16)18-10-15-24-19(18)20(23)21-11-5-14-22-12-3-2-4-13-22/h6-10,15H,2-5,11-14H2,1H3,(H,21,23). The van der Waals surface area contributed by atoms with Crippen LogP contribution in [0.1, 0.15) is 40.9 Å². The minimum absolute atomic E-state index is 0.0548. The first-order valence-corrected chi connectivity index (χ1v) is 9.77. The second-order valence-corrected chi connectivity index (χ2v) is 7.46. The van der Waals surface area contributed by atoms with E-state index in [4.69, 9.17) is 0 Å². The van der Waals surface area contributed by atoms with Gasteiger partial charge in [0.2, 0.25) is 0 Å². The molecular formula is C20H26N2OS. The number of amides is 1. The molecule has 3 rings (SSSR count). The van der Waals surface area contributed by atoms with E-state index in [9.17, 15) is 4.79 Å². The Labute approximate surface area is 148 Å². The average molecular weight is 343 g/mol. The predicted molar refractivity (Wildman–Crippen MR) is 102 cm³/mol. The smallest absolute Gasteiger partial charge is 0.261 e. The lowest BCUT2D eigenvalue weighted by atomic mass is 10.0. The Hall–Kier alpha value is -1.65. The number of nitrogens with one attached hydrogen (secondary N) is 1. The first-order chi connectivity index (χ1) is 11.7. The molecule has 1 fully saturated rings. The van der Waals surface area contributed by atoms with Crippen molar-refractivity contribution in [3.8, 4) is 11.1 Å². The predicted octanol–water partition coefficient (Wildman–Crippen LogP) is 4.33. The van der Waals surface area contributed by atoms with E-state index in [2.05, 4.69) is 41.4 Å². The summed E-state index contributed by atoms with van der Waals surface area (Å²) in [4.78, 5) is 15.8. The molecule has 1 N–H and O–H groups in total. The summed E-state index contributed by atoms with van der Waals surface area (Å²) in [6.07, 6.45) is 5.04. The van der Waals surface area contributed by atoms with Crippen LogP contribution >= 0.6 is 11.3 Å². The fourth-order valence-corrected chi connectivity index (χ4v) is 4.05. The van der Waals surface area contributed by atoms with Crippen molar-refractivity contribution >= 4 is 17.2 Å². The largest absolute Gasteiger partial charge is 0.351 e. The van der Waals surface area contributed by atoms with Crippen LogP contribution in [0.2, 0.25) is 0 Å². The normalized spacial score (nSPS) is 15.4. The number of benzene rings is 1. The van der Waals surface area contributed by atoms with E-state index in [0.717, 1.165) is 35.5 Å². The number of nitrogens with zero attached hydrogens (tertiary/aromatic N) is 1. The fourth-order valence-electron chi connectivity index (χ4n) is 3.21. The molecule has 1 aromatic heterocycles. The summed E-state index contributed by atoms with van der Waals surface area (Å²) in [7, 11) is 0. The maximum atomic E-state index is 12.5. The molecule has 0 aliphatic carbocycles. The van der Waals surface area contributed by atoms with Crippen molar-refractivity contribution in [3.63, 3.8) is 0 Å². The molecule has 0 bridgehead atoms. The third-order valence-corrected chi connectivity index (χ3v) is 5.53. The van der Waals surface area contributed by atoms with Gasteiger partial charge in [0, 0.05) is 12.1 Å². The Balaban J connectivity index is 1.52. The molecule has 0 unspecified atom stereocenters. The minimum Gasteiger partial charge on any atom is -0.351 e. The van der Waals surface area contributed by atoms with Gasteiger partial charge in [-0.2, -0.15) is 0 Å². The molecule has 1 saturated heterocycles. The van der Waals surface area contributed by atoms with Crippen LogP contribution in [0.3, 0.4) is 0 Å². The molecule has 2 aromatic rings. The number of carbonyl (C=O) groups is 1. The number of likely N-dealkylation sites (tertiary alicyclic amines) is 1. The number of piperidine rings is 1. The van der Waals surface area contributed by atoms with Crippen LogP contribution in [-0.4, -0.2) is 37.0 Å². The molecule has 0 atom stereocenters. The highest BCUT2D eigenvalue weighted by Crippen LogP contribution is 2.28. The molecule has 1 amide bonds. The summed E-state index contributed by atoms with van der Waals surface area (Å²) < 4.78 is 0. The molecule has 1 aliphatic heterocycles. The number of carbonyl (C=O) groups excluding carboxylic acids is 1. The van der Waals surface area contributed by atoms with Crippen molar-refractivity contribution in [2.75, 3.05) is 26.2 Å². The molecule has 0 radical (unpaired) electrons. The molecule has 3 nitrogen and oxygen atoms in total. The van der Waals surface area contributed by atoms with E-state index in [1.54, 1.807) is 0 Å².